The van der Waals surface area contributed by atoms with Crippen LogP contribution in [0.1, 0.15) is 26.3 Å². The summed E-state index contributed by atoms with van der Waals surface area (Å²) in [6, 6.07) is 8.86. The Hall–Kier alpha value is -2.58. The summed E-state index contributed by atoms with van der Waals surface area (Å²) < 4.78 is 0. The van der Waals surface area contributed by atoms with Gasteiger partial charge in [-0.15, -0.1) is 0 Å². The molecule has 1 aromatic carbocycles. The third kappa shape index (κ3) is 3.94. The summed E-state index contributed by atoms with van der Waals surface area (Å²) in [6.07, 6.45) is 0. The van der Waals surface area contributed by atoms with E-state index in [0.717, 1.165) is 0 Å². The smallest absolute Gasteiger partial charge is 0.252 e. The third-order valence-corrected chi connectivity index (χ3v) is 3.43. The molecular weight excluding hydrogens is 284 g/mol. The van der Waals surface area contributed by atoms with Gasteiger partial charge in [0, 0.05) is 18.0 Å². The second-order valence-corrected chi connectivity index (χ2v) is 4.90. The van der Waals surface area contributed by atoms with E-state index in [4.69, 9.17) is 0 Å². The van der Waals surface area contributed by atoms with Crippen molar-refractivity contribution in [2.24, 2.45) is 0 Å². The fraction of sp³-hybridized carbons (Fsp3) is 0.125. The fourth-order valence-electron chi connectivity index (χ4n) is 1.68. The molecular formula is C16H14N2O2S. The van der Waals surface area contributed by atoms with Gasteiger partial charge in [-0.2, -0.15) is 11.3 Å². The zero-order valence-electron chi connectivity index (χ0n) is 11.5. The van der Waals surface area contributed by atoms with Crippen molar-refractivity contribution in [1.82, 2.24) is 10.6 Å². The number of thiophene rings is 1. The van der Waals surface area contributed by atoms with Gasteiger partial charge in [0.05, 0.1) is 17.7 Å². The van der Waals surface area contributed by atoms with Crippen LogP contribution in [0.3, 0.4) is 0 Å². The maximum atomic E-state index is 11.7. The molecule has 2 aromatic rings. The highest BCUT2D eigenvalue weighted by Gasteiger charge is 2.06. The first-order valence-electron chi connectivity index (χ1n) is 6.32. The van der Waals surface area contributed by atoms with Gasteiger partial charge in [-0.25, -0.2) is 0 Å². The van der Waals surface area contributed by atoms with Gasteiger partial charge in [0.25, 0.3) is 11.8 Å². The van der Waals surface area contributed by atoms with Gasteiger partial charge in [-0.1, -0.05) is 24.0 Å². The molecule has 2 rings (SSSR count). The summed E-state index contributed by atoms with van der Waals surface area (Å²) in [7, 11) is 1.58. The summed E-state index contributed by atoms with van der Waals surface area (Å²) in [5, 5.41) is 8.91. The minimum absolute atomic E-state index is 0.148. The lowest BCUT2D eigenvalue weighted by molar-refractivity contribution is 0.0952. The van der Waals surface area contributed by atoms with E-state index in [0.29, 0.717) is 16.7 Å². The molecule has 0 spiro atoms. The quantitative estimate of drug-likeness (QED) is 0.850. The molecule has 0 aliphatic heterocycles. The Labute approximate surface area is 127 Å². The van der Waals surface area contributed by atoms with E-state index in [1.807, 2.05) is 11.4 Å². The highest BCUT2D eigenvalue weighted by atomic mass is 32.1. The van der Waals surface area contributed by atoms with Gasteiger partial charge in [-0.3, -0.25) is 9.59 Å². The van der Waals surface area contributed by atoms with E-state index in [1.165, 1.54) is 11.3 Å². The second-order valence-electron chi connectivity index (χ2n) is 4.12. The van der Waals surface area contributed by atoms with Gasteiger partial charge < -0.3 is 10.6 Å². The molecule has 0 bridgehead atoms. The normalized spacial score (nSPS) is 9.38. The number of benzene rings is 1. The number of hydrogen-bond donors (Lipinski definition) is 2. The molecule has 2 amide bonds. The maximum Gasteiger partial charge on any atom is 0.252 e. The van der Waals surface area contributed by atoms with Gasteiger partial charge in [0.1, 0.15) is 0 Å². The number of carbonyl (C=O) groups is 2. The van der Waals surface area contributed by atoms with Crippen LogP contribution in [-0.4, -0.2) is 25.4 Å². The van der Waals surface area contributed by atoms with E-state index in [2.05, 4.69) is 22.5 Å². The van der Waals surface area contributed by atoms with Crippen LogP contribution in [0.25, 0.3) is 0 Å². The van der Waals surface area contributed by atoms with Crippen LogP contribution in [0.5, 0.6) is 0 Å². The van der Waals surface area contributed by atoms with Crippen molar-refractivity contribution in [1.29, 1.82) is 0 Å². The minimum Gasteiger partial charge on any atom is -0.355 e. The van der Waals surface area contributed by atoms with Gasteiger partial charge >= 0.3 is 0 Å². The van der Waals surface area contributed by atoms with E-state index >= 15 is 0 Å². The van der Waals surface area contributed by atoms with Gasteiger partial charge in [0.2, 0.25) is 0 Å². The van der Waals surface area contributed by atoms with Gasteiger partial charge in [0.15, 0.2) is 0 Å². The average Bonchev–Trinajstić information content (AvgIpc) is 3.05. The highest BCUT2D eigenvalue weighted by molar-refractivity contribution is 7.08. The molecule has 2 N–H and O–H groups in total. The Bertz CT molecular complexity index is 697. The molecule has 0 aliphatic carbocycles. The van der Waals surface area contributed by atoms with Crippen LogP contribution in [0.15, 0.2) is 41.1 Å². The molecule has 106 valence electrons. The average molecular weight is 298 g/mol. The van der Waals surface area contributed by atoms with Crippen molar-refractivity contribution in [3.8, 4) is 11.8 Å². The third-order valence-electron chi connectivity index (χ3n) is 2.74. The first kappa shape index (κ1) is 14.8. The highest BCUT2D eigenvalue weighted by Crippen LogP contribution is 2.07. The number of hydrogen-bond acceptors (Lipinski definition) is 3. The molecule has 0 radical (unpaired) electrons. The SMILES string of the molecule is CNC(=O)c1ccccc1C#CCNC(=O)c1ccsc1. The fourth-order valence-corrected chi connectivity index (χ4v) is 2.32. The number of rotatable bonds is 3. The van der Waals surface area contributed by atoms with Gasteiger partial charge in [-0.05, 0) is 23.6 Å². The van der Waals surface area contributed by atoms with Crippen molar-refractivity contribution >= 4 is 23.2 Å². The molecule has 0 fully saturated rings. The van der Waals surface area contributed by atoms with Crippen LogP contribution in [0, 0.1) is 11.8 Å². The zero-order chi connectivity index (χ0) is 15.1. The number of nitrogens with one attached hydrogen (secondary N) is 2. The molecule has 0 unspecified atom stereocenters. The largest absolute Gasteiger partial charge is 0.355 e. The van der Waals surface area contributed by atoms with Crippen molar-refractivity contribution in [2.75, 3.05) is 13.6 Å². The summed E-state index contributed by atoms with van der Waals surface area (Å²) in [4.78, 5) is 23.4. The standard InChI is InChI=1S/C16H14N2O2S/c1-17-16(20)14-7-3-2-5-12(14)6-4-9-18-15(19)13-8-10-21-11-13/h2-3,5,7-8,10-11H,9H2,1H3,(H,17,20)(H,18,19). The molecule has 21 heavy (non-hydrogen) atoms. The Balaban J connectivity index is 2.00. The molecule has 0 saturated heterocycles. The Morgan fingerprint density at radius 1 is 1.19 bits per heavy atom. The van der Waals surface area contributed by atoms with Crippen molar-refractivity contribution in [3.05, 3.63) is 57.8 Å². The van der Waals surface area contributed by atoms with Crippen LogP contribution in [0.4, 0.5) is 0 Å². The second kappa shape index (κ2) is 7.27. The lowest BCUT2D eigenvalue weighted by atomic mass is 10.1. The lowest BCUT2D eigenvalue weighted by Gasteiger charge is -2.02. The minimum atomic E-state index is -0.179. The zero-order valence-corrected chi connectivity index (χ0v) is 12.3. The summed E-state index contributed by atoms with van der Waals surface area (Å²) in [5.41, 5.74) is 1.80. The molecule has 0 saturated carbocycles. The van der Waals surface area contributed by atoms with Crippen LogP contribution < -0.4 is 10.6 Å². The predicted octanol–water partition coefficient (Wildman–Crippen LogP) is 1.89. The van der Waals surface area contributed by atoms with Crippen molar-refractivity contribution in [3.63, 3.8) is 0 Å². The molecule has 0 atom stereocenters. The predicted molar refractivity (Wildman–Crippen MR) is 83.4 cm³/mol. The van der Waals surface area contributed by atoms with Crippen molar-refractivity contribution < 1.29 is 9.59 Å². The Morgan fingerprint density at radius 2 is 2.00 bits per heavy atom. The van der Waals surface area contributed by atoms with Crippen LogP contribution in [-0.2, 0) is 0 Å². The van der Waals surface area contributed by atoms with E-state index in [9.17, 15) is 9.59 Å². The lowest BCUT2D eigenvalue weighted by Crippen LogP contribution is -2.23. The van der Waals surface area contributed by atoms with Crippen LogP contribution >= 0.6 is 11.3 Å². The Kier molecular flexibility index (Phi) is 5.13. The Morgan fingerprint density at radius 3 is 2.71 bits per heavy atom. The number of amides is 2. The molecule has 4 nitrogen and oxygen atoms in total. The summed E-state index contributed by atoms with van der Waals surface area (Å²) in [5.74, 6) is 5.44. The maximum absolute atomic E-state index is 11.7. The van der Waals surface area contributed by atoms with Crippen LogP contribution in [0.2, 0.25) is 0 Å². The number of carbonyl (C=O) groups excluding carboxylic acids is 2. The van der Waals surface area contributed by atoms with Crippen molar-refractivity contribution in [2.45, 2.75) is 0 Å². The monoisotopic (exact) mass is 298 g/mol. The first-order chi connectivity index (χ1) is 10.2. The molecule has 0 aliphatic rings. The summed E-state index contributed by atoms with van der Waals surface area (Å²) >= 11 is 1.47. The van der Waals surface area contributed by atoms with E-state index in [-0.39, 0.29) is 18.4 Å². The van der Waals surface area contributed by atoms with E-state index in [1.54, 1.807) is 36.7 Å². The first-order valence-corrected chi connectivity index (χ1v) is 7.27. The van der Waals surface area contributed by atoms with E-state index < -0.39 is 0 Å². The topological polar surface area (TPSA) is 58.2 Å². The summed E-state index contributed by atoms with van der Waals surface area (Å²) in [6.45, 7) is 0.233. The molecule has 1 heterocycles. The molecule has 5 heteroatoms. The molecule has 1 aromatic heterocycles.